The van der Waals surface area contributed by atoms with Gasteiger partial charge in [-0.05, 0) is 42.0 Å². The molecule has 0 radical (unpaired) electrons. The zero-order valence-corrected chi connectivity index (χ0v) is 15.0. The average molecular weight is 391 g/mol. The molecule has 0 N–H and O–H groups in total. The Morgan fingerprint density at radius 3 is 2.58 bits per heavy atom. The van der Waals surface area contributed by atoms with Crippen LogP contribution in [0.15, 0.2) is 54.2 Å². The number of rotatable bonds is 5. The summed E-state index contributed by atoms with van der Waals surface area (Å²) < 4.78 is 12.1. The van der Waals surface area contributed by atoms with Gasteiger partial charge in [0.15, 0.2) is 11.5 Å². The number of benzene rings is 2. The molecule has 1 heterocycles. The molecule has 2 aromatic carbocycles. The van der Waals surface area contributed by atoms with Gasteiger partial charge in [-0.3, -0.25) is 0 Å². The first kappa shape index (κ1) is 17.9. The van der Waals surface area contributed by atoms with E-state index in [1.165, 1.54) is 36.6 Å². The van der Waals surface area contributed by atoms with Crippen molar-refractivity contribution in [3.63, 3.8) is 0 Å². The van der Waals surface area contributed by atoms with Crippen LogP contribution in [0.5, 0.6) is 11.5 Å². The Morgan fingerprint density at radius 2 is 1.88 bits per heavy atom. The third kappa shape index (κ3) is 4.19. The molecule has 3 aromatic rings. The second-order valence-electron chi connectivity index (χ2n) is 5.01. The van der Waals surface area contributed by atoms with Crippen LogP contribution < -0.4 is 9.47 Å². The molecule has 26 heavy (non-hydrogen) atoms. The summed E-state index contributed by atoms with van der Waals surface area (Å²) in [6, 6.07) is 9.55. The monoisotopic (exact) mass is 390 g/mol. The number of esters is 1. The highest BCUT2D eigenvalue weighted by Gasteiger charge is 2.16. The van der Waals surface area contributed by atoms with Crippen LogP contribution in [0.25, 0.3) is 0 Å². The van der Waals surface area contributed by atoms with Gasteiger partial charge in [-0.25, -0.2) is 9.47 Å². The zero-order valence-electron chi connectivity index (χ0n) is 13.5. The summed E-state index contributed by atoms with van der Waals surface area (Å²) in [4.78, 5) is 12.3. The van der Waals surface area contributed by atoms with Gasteiger partial charge in [0, 0.05) is 5.02 Å². The third-order valence-electron chi connectivity index (χ3n) is 3.29. The van der Waals surface area contributed by atoms with Crippen LogP contribution in [0.4, 0.5) is 0 Å². The van der Waals surface area contributed by atoms with Crippen molar-refractivity contribution in [3.05, 3.63) is 70.2 Å². The predicted octanol–water partition coefficient (Wildman–Crippen LogP) is 3.69. The Hall–Kier alpha value is -2.90. The topological polar surface area (TPSA) is 78.6 Å². The number of methoxy groups -OCH3 is 1. The van der Waals surface area contributed by atoms with Crippen molar-refractivity contribution in [2.75, 3.05) is 7.11 Å². The molecule has 9 heteroatoms. The number of halogens is 2. The molecule has 0 saturated carbocycles. The van der Waals surface area contributed by atoms with Crippen molar-refractivity contribution in [1.29, 1.82) is 0 Å². The number of nitrogens with zero attached hydrogens (tertiary/aromatic N) is 4. The first-order valence-electron chi connectivity index (χ1n) is 7.31. The summed E-state index contributed by atoms with van der Waals surface area (Å²) in [6.07, 6.45) is 4.51. The third-order valence-corrected chi connectivity index (χ3v) is 3.84. The molecule has 0 aliphatic heterocycles. The van der Waals surface area contributed by atoms with Crippen molar-refractivity contribution in [2.24, 2.45) is 5.10 Å². The Kier molecular flexibility index (Phi) is 5.50. The number of hydrogen-bond donors (Lipinski definition) is 0. The fourth-order valence-corrected chi connectivity index (χ4v) is 2.53. The van der Waals surface area contributed by atoms with Crippen LogP contribution in [0, 0.1) is 0 Å². The fourth-order valence-electron chi connectivity index (χ4n) is 2.05. The van der Waals surface area contributed by atoms with Gasteiger partial charge in [0.1, 0.15) is 12.7 Å². The molecule has 7 nitrogen and oxygen atoms in total. The average Bonchev–Trinajstić information content (AvgIpc) is 3.14. The predicted molar refractivity (Wildman–Crippen MR) is 97.4 cm³/mol. The maximum atomic E-state index is 12.3. The van der Waals surface area contributed by atoms with Crippen LogP contribution in [-0.4, -0.2) is 34.2 Å². The minimum atomic E-state index is -0.615. The van der Waals surface area contributed by atoms with Gasteiger partial charge < -0.3 is 9.47 Å². The number of ether oxygens (including phenoxy) is 2. The lowest BCUT2D eigenvalue weighted by Gasteiger charge is -2.10. The number of hydrogen-bond acceptors (Lipinski definition) is 6. The van der Waals surface area contributed by atoms with E-state index in [1.54, 1.807) is 30.5 Å². The SMILES string of the molecule is COc1cc(/C=N\n2cnnc2)ccc1OC(=O)c1ccc(Cl)cc1Cl. The molecule has 0 unspecified atom stereocenters. The zero-order chi connectivity index (χ0) is 18.5. The summed E-state index contributed by atoms with van der Waals surface area (Å²) in [7, 11) is 1.47. The first-order chi connectivity index (χ1) is 12.6. The van der Waals surface area contributed by atoms with E-state index in [4.69, 9.17) is 32.7 Å². The van der Waals surface area contributed by atoms with Crippen molar-refractivity contribution < 1.29 is 14.3 Å². The van der Waals surface area contributed by atoms with Crippen LogP contribution in [0.3, 0.4) is 0 Å². The molecule has 0 atom stereocenters. The van der Waals surface area contributed by atoms with Crippen molar-refractivity contribution >= 4 is 35.4 Å². The van der Waals surface area contributed by atoms with Gasteiger partial charge in [-0.2, -0.15) is 5.10 Å². The molecule has 0 aliphatic rings. The summed E-state index contributed by atoms with van der Waals surface area (Å²) >= 11 is 11.9. The minimum absolute atomic E-state index is 0.205. The van der Waals surface area contributed by atoms with E-state index in [9.17, 15) is 4.79 Å². The summed E-state index contributed by atoms with van der Waals surface area (Å²) in [5.74, 6) is 0.0111. The lowest BCUT2D eigenvalue weighted by Crippen LogP contribution is -2.10. The summed E-state index contributed by atoms with van der Waals surface area (Å²) in [5.41, 5.74) is 0.941. The molecule has 0 aliphatic carbocycles. The Labute approximate surface area is 158 Å². The molecule has 1 aromatic heterocycles. The molecule has 0 spiro atoms. The van der Waals surface area contributed by atoms with Crippen LogP contribution >= 0.6 is 23.2 Å². The van der Waals surface area contributed by atoms with Crippen LogP contribution in [0.1, 0.15) is 15.9 Å². The first-order valence-corrected chi connectivity index (χ1v) is 8.06. The van der Waals surface area contributed by atoms with E-state index >= 15 is 0 Å². The smallest absolute Gasteiger partial charge is 0.345 e. The van der Waals surface area contributed by atoms with Gasteiger partial charge in [0.2, 0.25) is 0 Å². The van der Waals surface area contributed by atoms with Gasteiger partial charge in [-0.15, -0.1) is 10.2 Å². The second-order valence-corrected chi connectivity index (χ2v) is 5.85. The standard InChI is InChI=1S/C17H12Cl2N4O3/c1-25-16-6-11(8-22-23-9-20-21-10-23)2-5-15(16)26-17(24)13-4-3-12(18)7-14(13)19/h2-10H,1H3/b22-8-. The highest BCUT2D eigenvalue weighted by molar-refractivity contribution is 6.36. The molecule has 0 fully saturated rings. The largest absolute Gasteiger partial charge is 0.493 e. The molecule has 0 bridgehead atoms. The maximum absolute atomic E-state index is 12.3. The molecule has 3 rings (SSSR count). The van der Waals surface area contributed by atoms with E-state index in [2.05, 4.69) is 15.3 Å². The van der Waals surface area contributed by atoms with Crippen molar-refractivity contribution in [1.82, 2.24) is 14.9 Å². The lowest BCUT2D eigenvalue weighted by molar-refractivity contribution is 0.0730. The number of aromatic nitrogens is 3. The lowest BCUT2D eigenvalue weighted by atomic mass is 10.2. The van der Waals surface area contributed by atoms with Gasteiger partial charge >= 0.3 is 5.97 Å². The van der Waals surface area contributed by atoms with E-state index in [0.717, 1.165) is 5.56 Å². The van der Waals surface area contributed by atoms with E-state index < -0.39 is 5.97 Å². The van der Waals surface area contributed by atoms with Gasteiger partial charge in [0.25, 0.3) is 0 Å². The van der Waals surface area contributed by atoms with Gasteiger partial charge in [0.05, 0.1) is 23.9 Å². The highest BCUT2D eigenvalue weighted by atomic mass is 35.5. The Morgan fingerprint density at radius 1 is 1.12 bits per heavy atom. The van der Waals surface area contributed by atoms with Crippen LogP contribution in [-0.2, 0) is 0 Å². The van der Waals surface area contributed by atoms with E-state index in [1.807, 2.05) is 0 Å². The quantitative estimate of drug-likeness (QED) is 0.377. The summed E-state index contributed by atoms with van der Waals surface area (Å²) in [6.45, 7) is 0. The number of carbonyl (C=O) groups is 1. The minimum Gasteiger partial charge on any atom is -0.493 e. The fraction of sp³-hybridized carbons (Fsp3) is 0.0588. The molecular weight excluding hydrogens is 379 g/mol. The Balaban J connectivity index is 1.80. The molecule has 0 saturated heterocycles. The normalized spacial score (nSPS) is 10.9. The van der Waals surface area contributed by atoms with Crippen LogP contribution in [0.2, 0.25) is 10.0 Å². The van der Waals surface area contributed by atoms with Gasteiger partial charge in [-0.1, -0.05) is 23.2 Å². The maximum Gasteiger partial charge on any atom is 0.345 e. The van der Waals surface area contributed by atoms with E-state index in [0.29, 0.717) is 10.8 Å². The summed E-state index contributed by atoms with van der Waals surface area (Å²) in [5, 5.41) is 12.1. The number of carbonyl (C=O) groups excluding carboxylic acids is 1. The van der Waals surface area contributed by atoms with Crippen molar-refractivity contribution in [3.8, 4) is 11.5 Å². The molecular formula is C17H12Cl2N4O3. The molecule has 0 amide bonds. The molecule has 132 valence electrons. The van der Waals surface area contributed by atoms with Crippen molar-refractivity contribution in [2.45, 2.75) is 0 Å². The second kappa shape index (κ2) is 7.99. The highest BCUT2D eigenvalue weighted by Crippen LogP contribution is 2.29. The van der Waals surface area contributed by atoms with E-state index in [-0.39, 0.29) is 16.3 Å². The Bertz CT molecular complexity index is 959.